The topological polar surface area (TPSA) is 87.6 Å². The van der Waals surface area contributed by atoms with E-state index in [0.717, 1.165) is 11.3 Å². The van der Waals surface area contributed by atoms with Gasteiger partial charge in [0.2, 0.25) is 0 Å². The molecule has 0 aliphatic carbocycles. The third-order valence-electron chi connectivity index (χ3n) is 3.17. The van der Waals surface area contributed by atoms with Crippen LogP contribution in [0.15, 0.2) is 10.4 Å². The number of nitrogens with zero attached hydrogens (tertiary/aromatic N) is 2. The standard InChI is InChI=1S/C10H14N2O4S2/c1-6(10(13)14)8-4-12(5-8)18(15,16)9-3-11-7(2)17-9/h3,6,8H,4-5H2,1-2H3,(H,13,14). The maximum atomic E-state index is 12.1. The highest BCUT2D eigenvalue weighted by Crippen LogP contribution is 2.31. The molecule has 1 saturated heterocycles. The van der Waals surface area contributed by atoms with E-state index in [4.69, 9.17) is 5.11 Å². The maximum absolute atomic E-state index is 12.1. The van der Waals surface area contributed by atoms with Gasteiger partial charge in [-0.1, -0.05) is 6.92 Å². The molecule has 100 valence electrons. The van der Waals surface area contributed by atoms with Gasteiger partial charge in [-0.15, -0.1) is 11.3 Å². The van der Waals surface area contributed by atoms with Crippen molar-refractivity contribution >= 4 is 27.3 Å². The van der Waals surface area contributed by atoms with E-state index in [-0.39, 0.29) is 23.2 Å². The first-order chi connectivity index (χ1) is 8.32. The number of carboxylic acids is 1. The highest BCUT2D eigenvalue weighted by Gasteiger charge is 2.41. The Balaban J connectivity index is 2.06. The Bertz CT molecular complexity index is 560. The molecule has 0 spiro atoms. The minimum atomic E-state index is -3.48. The number of sulfonamides is 1. The van der Waals surface area contributed by atoms with E-state index in [1.165, 1.54) is 10.5 Å². The van der Waals surface area contributed by atoms with Crippen LogP contribution in [0.1, 0.15) is 11.9 Å². The first kappa shape index (κ1) is 13.4. The summed E-state index contributed by atoms with van der Waals surface area (Å²) in [7, 11) is -3.48. The number of hydrogen-bond donors (Lipinski definition) is 1. The molecule has 1 unspecified atom stereocenters. The Hall–Kier alpha value is -0.990. The van der Waals surface area contributed by atoms with E-state index in [1.54, 1.807) is 13.8 Å². The van der Waals surface area contributed by atoms with Crippen molar-refractivity contribution < 1.29 is 18.3 Å². The van der Waals surface area contributed by atoms with Crippen LogP contribution in [0.4, 0.5) is 0 Å². The summed E-state index contributed by atoms with van der Waals surface area (Å²) in [6.45, 7) is 3.89. The number of aryl methyl sites for hydroxylation is 1. The lowest BCUT2D eigenvalue weighted by Gasteiger charge is -2.39. The average Bonchev–Trinajstić information content (AvgIpc) is 2.62. The lowest BCUT2D eigenvalue weighted by Crippen LogP contribution is -2.53. The second-order valence-electron chi connectivity index (χ2n) is 4.41. The molecule has 0 saturated carbocycles. The summed E-state index contributed by atoms with van der Waals surface area (Å²) in [5, 5.41) is 9.55. The summed E-state index contributed by atoms with van der Waals surface area (Å²) in [5.41, 5.74) is 0. The second-order valence-corrected chi connectivity index (χ2v) is 7.81. The minimum Gasteiger partial charge on any atom is -0.481 e. The summed E-state index contributed by atoms with van der Waals surface area (Å²) >= 11 is 1.13. The van der Waals surface area contributed by atoms with Gasteiger partial charge in [-0.3, -0.25) is 4.79 Å². The van der Waals surface area contributed by atoms with Crippen LogP contribution in [0, 0.1) is 18.8 Å². The van der Waals surface area contributed by atoms with Crippen molar-refractivity contribution in [1.82, 2.24) is 9.29 Å². The summed E-state index contributed by atoms with van der Waals surface area (Å²) in [4.78, 5) is 14.7. The molecule has 2 heterocycles. The largest absolute Gasteiger partial charge is 0.481 e. The van der Waals surface area contributed by atoms with Crippen molar-refractivity contribution in [3.05, 3.63) is 11.2 Å². The smallest absolute Gasteiger partial charge is 0.306 e. The zero-order valence-corrected chi connectivity index (χ0v) is 11.7. The quantitative estimate of drug-likeness (QED) is 0.886. The van der Waals surface area contributed by atoms with Crippen LogP contribution in [0.2, 0.25) is 0 Å². The third kappa shape index (κ3) is 2.27. The number of aliphatic carboxylic acids is 1. The van der Waals surface area contributed by atoms with E-state index in [0.29, 0.717) is 5.01 Å². The fourth-order valence-electron chi connectivity index (χ4n) is 1.77. The highest BCUT2D eigenvalue weighted by atomic mass is 32.2. The van der Waals surface area contributed by atoms with Crippen LogP contribution in [0.3, 0.4) is 0 Å². The molecule has 0 bridgehead atoms. The van der Waals surface area contributed by atoms with Gasteiger partial charge in [-0.25, -0.2) is 13.4 Å². The van der Waals surface area contributed by atoms with Crippen LogP contribution in [0.25, 0.3) is 0 Å². The van der Waals surface area contributed by atoms with Crippen molar-refractivity contribution in [1.29, 1.82) is 0 Å². The zero-order valence-electron chi connectivity index (χ0n) is 10.0. The van der Waals surface area contributed by atoms with Gasteiger partial charge in [0.1, 0.15) is 0 Å². The van der Waals surface area contributed by atoms with Gasteiger partial charge < -0.3 is 5.11 Å². The van der Waals surface area contributed by atoms with Gasteiger partial charge in [0.25, 0.3) is 10.0 Å². The molecule has 1 aromatic rings. The normalized spacial score (nSPS) is 19.4. The molecule has 1 atom stereocenters. The van der Waals surface area contributed by atoms with Gasteiger partial charge in [0.05, 0.1) is 17.1 Å². The molecule has 8 heteroatoms. The molecule has 1 fully saturated rings. The van der Waals surface area contributed by atoms with Crippen molar-refractivity contribution in [2.45, 2.75) is 18.1 Å². The number of carbonyl (C=O) groups is 1. The summed E-state index contributed by atoms with van der Waals surface area (Å²) in [5.74, 6) is -1.50. The summed E-state index contributed by atoms with van der Waals surface area (Å²) in [6, 6.07) is 0. The predicted octanol–water partition coefficient (Wildman–Crippen LogP) is 0.793. The number of rotatable bonds is 4. The van der Waals surface area contributed by atoms with E-state index >= 15 is 0 Å². The predicted molar refractivity (Wildman–Crippen MR) is 65.9 cm³/mol. The average molecular weight is 290 g/mol. The van der Waals surface area contributed by atoms with Crippen LogP contribution in [-0.4, -0.2) is 41.9 Å². The molecule has 2 rings (SSSR count). The SMILES string of the molecule is Cc1ncc(S(=O)(=O)N2CC(C(C)C(=O)O)C2)s1. The van der Waals surface area contributed by atoms with Crippen LogP contribution in [0.5, 0.6) is 0 Å². The molecule has 18 heavy (non-hydrogen) atoms. The molecular weight excluding hydrogens is 276 g/mol. The monoisotopic (exact) mass is 290 g/mol. The molecule has 1 aliphatic rings. The van der Waals surface area contributed by atoms with Crippen molar-refractivity contribution in [3.63, 3.8) is 0 Å². The number of hydrogen-bond acceptors (Lipinski definition) is 5. The Morgan fingerprint density at radius 2 is 2.22 bits per heavy atom. The van der Waals surface area contributed by atoms with E-state index in [2.05, 4.69) is 4.98 Å². The summed E-state index contributed by atoms with van der Waals surface area (Å²) < 4.78 is 25.8. The molecule has 1 N–H and O–H groups in total. The fraction of sp³-hybridized carbons (Fsp3) is 0.600. The lowest BCUT2D eigenvalue weighted by molar-refractivity contribution is -0.144. The molecule has 0 radical (unpaired) electrons. The molecule has 6 nitrogen and oxygen atoms in total. The van der Waals surface area contributed by atoms with E-state index in [9.17, 15) is 13.2 Å². The molecule has 0 amide bonds. The Labute approximate surface area is 109 Å². The highest BCUT2D eigenvalue weighted by molar-refractivity contribution is 7.91. The second kappa shape index (κ2) is 4.60. The van der Waals surface area contributed by atoms with Crippen LogP contribution in [-0.2, 0) is 14.8 Å². The minimum absolute atomic E-state index is 0.105. The number of thiazole rings is 1. The molecule has 1 aromatic heterocycles. The van der Waals surface area contributed by atoms with Crippen molar-refractivity contribution in [3.8, 4) is 0 Å². The first-order valence-corrected chi connectivity index (χ1v) is 7.73. The van der Waals surface area contributed by atoms with Crippen LogP contribution < -0.4 is 0 Å². The van der Waals surface area contributed by atoms with E-state index in [1.807, 2.05) is 0 Å². The zero-order chi connectivity index (χ0) is 13.5. The van der Waals surface area contributed by atoms with Gasteiger partial charge in [-0.2, -0.15) is 4.31 Å². The number of aromatic nitrogens is 1. The molecule has 0 aromatic carbocycles. The lowest BCUT2D eigenvalue weighted by atomic mass is 9.89. The van der Waals surface area contributed by atoms with Gasteiger partial charge >= 0.3 is 5.97 Å². The summed E-state index contributed by atoms with van der Waals surface area (Å²) in [6.07, 6.45) is 1.35. The van der Waals surface area contributed by atoms with Crippen LogP contribution >= 0.6 is 11.3 Å². The Morgan fingerprint density at radius 3 is 2.67 bits per heavy atom. The molecular formula is C10H14N2O4S2. The van der Waals surface area contributed by atoms with Gasteiger partial charge in [-0.05, 0) is 12.8 Å². The fourth-order valence-corrected chi connectivity index (χ4v) is 4.59. The van der Waals surface area contributed by atoms with Gasteiger partial charge in [0.15, 0.2) is 4.21 Å². The van der Waals surface area contributed by atoms with Crippen molar-refractivity contribution in [2.24, 2.45) is 11.8 Å². The molecule has 1 aliphatic heterocycles. The van der Waals surface area contributed by atoms with Crippen molar-refractivity contribution in [2.75, 3.05) is 13.1 Å². The van der Waals surface area contributed by atoms with E-state index < -0.39 is 21.9 Å². The maximum Gasteiger partial charge on any atom is 0.306 e. The third-order valence-corrected chi connectivity index (χ3v) is 6.35. The first-order valence-electron chi connectivity index (χ1n) is 5.47. The Kier molecular flexibility index (Phi) is 3.43. The Morgan fingerprint density at radius 1 is 1.61 bits per heavy atom. The van der Waals surface area contributed by atoms with Gasteiger partial charge in [0, 0.05) is 13.1 Å². The number of carboxylic acid groups (broad SMARTS) is 1.